The van der Waals surface area contributed by atoms with Crippen molar-refractivity contribution < 1.29 is 0 Å². The van der Waals surface area contributed by atoms with Crippen molar-refractivity contribution in [3.05, 3.63) is 174 Å². The maximum Gasteiger partial charge on any atom is 0.196 e. The first-order valence-electron chi connectivity index (χ1n) is 16.6. The van der Waals surface area contributed by atoms with Crippen LogP contribution in [-0.4, -0.2) is 9.13 Å². The lowest BCUT2D eigenvalue weighted by atomic mass is 9.93. The summed E-state index contributed by atoms with van der Waals surface area (Å²) in [5.41, 5.74) is 10.4. The summed E-state index contributed by atoms with van der Waals surface area (Å²) in [6.07, 6.45) is 0. The summed E-state index contributed by atoms with van der Waals surface area (Å²) in [5.74, 6) is 0. The van der Waals surface area contributed by atoms with Gasteiger partial charge in [0, 0.05) is 38.4 Å². The highest BCUT2D eigenvalue weighted by molar-refractivity contribution is 6.11. The Morgan fingerprint density at radius 3 is 1.73 bits per heavy atom. The number of rotatable bonds is 4. The van der Waals surface area contributed by atoms with E-state index < -0.39 is 0 Å². The van der Waals surface area contributed by atoms with Crippen molar-refractivity contribution in [1.82, 2.24) is 9.13 Å². The molecule has 0 spiro atoms. The predicted octanol–water partition coefficient (Wildman–Crippen LogP) is 11.4. The minimum Gasteiger partial charge on any atom is -0.309 e. The second kappa shape index (κ2) is 11.9. The summed E-state index contributed by atoms with van der Waals surface area (Å²) >= 11 is 0. The smallest absolute Gasteiger partial charge is 0.196 e. The van der Waals surface area contributed by atoms with Gasteiger partial charge in [0.05, 0.1) is 57.6 Å². The van der Waals surface area contributed by atoms with E-state index in [1.165, 1.54) is 0 Å². The summed E-state index contributed by atoms with van der Waals surface area (Å²) in [6.45, 7) is 8.00. The summed E-state index contributed by atoms with van der Waals surface area (Å²) < 4.78 is 4.32. The Bertz CT molecular complexity index is 3040. The zero-order chi connectivity index (χ0) is 35.3. The minimum atomic E-state index is 0.395. The number of para-hydroxylation sites is 3. The van der Waals surface area contributed by atoms with Crippen molar-refractivity contribution in [3.8, 4) is 51.8 Å². The molecule has 0 bridgehead atoms. The molecule has 0 radical (unpaired) electrons. The van der Waals surface area contributed by atoms with E-state index in [4.69, 9.17) is 6.57 Å². The van der Waals surface area contributed by atoms with E-state index in [2.05, 4.69) is 68.6 Å². The van der Waals surface area contributed by atoms with Crippen LogP contribution in [0.1, 0.15) is 16.7 Å². The Labute approximate surface area is 298 Å². The van der Waals surface area contributed by atoms with Crippen LogP contribution >= 0.6 is 0 Å². The first-order chi connectivity index (χ1) is 25.6. The summed E-state index contributed by atoms with van der Waals surface area (Å²) in [5, 5.41) is 34.5. The lowest BCUT2D eigenvalue weighted by molar-refractivity contribution is 1.16. The van der Waals surface area contributed by atoms with Gasteiger partial charge in [-0.1, -0.05) is 72.8 Å². The zero-order valence-corrected chi connectivity index (χ0v) is 27.5. The fourth-order valence-electron chi connectivity index (χ4n) is 7.57. The Kier molecular flexibility index (Phi) is 6.91. The molecule has 0 fully saturated rings. The summed E-state index contributed by atoms with van der Waals surface area (Å²) in [7, 11) is 0. The van der Waals surface area contributed by atoms with Crippen LogP contribution in [0.25, 0.3) is 82.1 Å². The normalized spacial score (nSPS) is 11.0. The largest absolute Gasteiger partial charge is 0.309 e. The molecule has 238 valence electrons. The summed E-state index contributed by atoms with van der Waals surface area (Å²) in [4.78, 5) is 3.82. The molecule has 6 heteroatoms. The summed E-state index contributed by atoms with van der Waals surface area (Å²) in [6, 6.07) is 54.5. The lowest BCUT2D eigenvalue weighted by Crippen LogP contribution is -1.99. The van der Waals surface area contributed by atoms with Crippen LogP contribution in [0.3, 0.4) is 0 Å². The predicted molar refractivity (Wildman–Crippen MR) is 206 cm³/mol. The van der Waals surface area contributed by atoms with Crippen molar-refractivity contribution >= 4 is 49.3 Å². The fourth-order valence-corrected chi connectivity index (χ4v) is 7.57. The molecule has 0 N–H and O–H groups in total. The van der Waals surface area contributed by atoms with Crippen LogP contribution in [0.15, 0.2) is 146 Å². The molecule has 0 aliphatic carbocycles. The van der Waals surface area contributed by atoms with Gasteiger partial charge < -0.3 is 9.13 Å². The Morgan fingerprint density at radius 1 is 0.462 bits per heavy atom. The van der Waals surface area contributed by atoms with E-state index in [-0.39, 0.29) is 0 Å². The van der Waals surface area contributed by atoms with Crippen molar-refractivity contribution in [1.29, 1.82) is 15.8 Å². The van der Waals surface area contributed by atoms with E-state index in [0.717, 1.165) is 66.0 Å². The lowest BCUT2D eigenvalue weighted by Gasteiger charge is -2.17. The van der Waals surface area contributed by atoms with Crippen molar-refractivity contribution in [2.45, 2.75) is 0 Å². The molecular formula is C46H24N6. The average Bonchev–Trinajstić information content (AvgIpc) is 3.72. The second-order valence-corrected chi connectivity index (χ2v) is 12.6. The number of nitrogens with zero attached hydrogens (tertiary/aromatic N) is 6. The molecule has 52 heavy (non-hydrogen) atoms. The Morgan fingerprint density at radius 2 is 1.08 bits per heavy atom. The Balaban J connectivity index is 1.36. The molecule has 0 saturated carbocycles. The third kappa shape index (κ3) is 4.54. The monoisotopic (exact) mass is 660 g/mol. The van der Waals surface area contributed by atoms with Crippen LogP contribution in [0.5, 0.6) is 0 Å². The van der Waals surface area contributed by atoms with Gasteiger partial charge in [-0.25, -0.2) is 4.85 Å². The van der Waals surface area contributed by atoms with E-state index in [1.807, 2.05) is 84.9 Å². The first kappa shape index (κ1) is 30.2. The van der Waals surface area contributed by atoms with Gasteiger partial charge in [-0.2, -0.15) is 15.8 Å². The molecule has 9 rings (SSSR count). The maximum atomic E-state index is 10.4. The van der Waals surface area contributed by atoms with Crippen LogP contribution in [0.4, 0.5) is 5.69 Å². The third-order valence-electron chi connectivity index (χ3n) is 9.82. The van der Waals surface area contributed by atoms with Crippen molar-refractivity contribution in [2.24, 2.45) is 0 Å². The first-order valence-corrected chi connectivity index (χ1v) is 16.6. The van der Waals surface area contributed by atoms with E-state index in [1.54, 1.807) is 24.3 Å². The SMILES string of the molecule is [C-]#[N+]c1cccc(C#N)c1-c1cc(-c2ccc(C#N)c(-n3c4ccccc4c4cc(C#N)ccc43)c2)cc(-n2c3ccccc3c3ccccc32)c1. The Hall–Kier alpha value is -7.90. The van der Waals surface area contributed by atoms with Crippen LogP contribution in [0.2, 0.25) is 0 Å². The van der Waals surface area contributed by atoms with E-state index in [9.17, 15) is 15.8 Å². The number of aromatic nitrogens is 2. The molecular weight excluding hydrogens is 637 g/mol. The van der Waals surface area contributed by atoms with Gasteiger partial charge in [0.15, 0.2) is 5.69 Å². The molecule has 6 nitrogen and oxygen atoms in total. The number of fused-ring (bicyclic) bond motifs is 6. The quantitative estimate of drug-likeness (QED) is 0.176. The van der Waals surface area contributed by atoms with Gasteiger partial charge in [0.25, 0.3) is 0 Å². The highest BCUT2D eigenvalue weighted by atomic mass is 15.0. The topological polar surface area (TPSA) is 85.6 Å². The van der Waals surface area contributed by atoms with E-state index >= 15 is 0 Å². The van der Waals surface area contributed by atoms with Gasteiger partial charge in [-0.3, -0.25) is 0 Å². The number of hydrogen-bond acceptors (Lipinski definition) is 3. The van der Waals surface area contributed by atoms with Crippen molar-refractivity contribution in [2.75, 3.05) is 0 Å². The molecule has 7 aromatic carbocycles. The number of benzene rings is 7. The van der Waals surface area contributed by atoms with Gasteiger partial charge >= 0.3 is 0 Å². The fraction of sp³-hybridized carbons (Fsp3) is 0. The highest BCUT2D eigenvalue weighted by Gasteiger charge is 2.20. The zero-order valence-electron chi connectivity index (χ0n) is 27.5. The molecule has 0 aliphatic heterocycles. The molecule has 2 heterocycles. The standard InChI is InChI=1S/C46H24N6/c1-50-40-13-8-9-32(28-49)46(40)34-22-33(23-35(24-34)51-41-14-5-2-10-36(41)37-11-3-6-15-42(37)51)30-18-19-31(27-48)45(25-30)52-43-16-7-4-12-38(43)39-21-29(26-47)17-20-44(39)52/h2-25H. The van der Waals surface area contributed by atoms with Crippen molar-refractivity contribution in [3.63, 3.8) is 0 Å². The molecule has 0 unspecified atom stereocenters. The van der Waals surface area contributed by atoms with E-state index in [0.29, 0.717) is 33.6 Å². The molecule has 0 amide bonds. The van der Waals surface area contributed by atoms with Gasteiger partial charge in [0.2, 0.25) is 0 Å². The average molecular weight is 661 g/mol. The van der Waals surface area contributed by atoms with Gasteiger partial charge in [-0.05, 0) is 89.5 Å². The molecule has 9 aromatic rings. The number of nitriles is 3. The van der Waals surface area contributed by atoms with Crippen LogP contribution in [-0.2, 0) is 0 Å². The van der Waals surface area contributed by atoms with Gasteiger partial charge in [-0.15, -0.1) is 0 Å². The third-order valence-corrected chi connectivity index (χ3v) is 9.82. The van der Waals surface area contributed by atoms with Gasteiger partial charge in [0.1, 0.15) is 6.07 Å². The minimum absolute atomic E-state index is 0.395. The van der Waals surface area contributed by atoms with Crippen LogP contribution < -0.4 is 0 Å². The molecule has 0 atom stereocenters. The maximum absolute atomic E-state index is 10.4. The van der Waals surface area contributed by atoms with Crippen LogP contribution in [0, 0.1) is 40.6 Å². The second-order valence-electron chi connectivity index (χ2n) is 12.6. The molecule has 2 aromatic heterocycles. The highest BCUT2D eigenvalue weighted by Crippen LogP contribution is 2.41. The number of hydrogen-bond donors (Lipinski definition) is 0. The molecule has 0 aliphatic rings. The molecule has 0 saturated heterocycles.